The van der Waals surface area contributed by atoms with Gasteiger partial charge in [-0.25, -0.2) is 0 Å². The third-order valence-corrected chi connectivity index (χ3v) is 0. The van der Waals surface area contributed by atoms with E-state index in [0.29, 0.717) is 0 Å². The fourth-order valence-corrected chi connectivity index (χ4v) is 0. The molecule has 0 N–H and O–H groups in total. The fraction of sp³-hybridized carbons (Fsp3) is 0. The molecule has 104 valence electrons. The first-order valence-corrected chi connectivity index (χ1v) is 2.62. The molecule has 0 nitrogen and oxygen atoms in total. The maximum atomic E-state index is 9.75. The standard InChI is InChI=1S/3BF4.HI/c3*2-1(3,4)5;/h;;;1H/q3*-1;. The Kier molecular flexibility index (Phi) is 14.3. The summed E-state index contributed by atoms with van der Waals surface area (Å²) >= 11 is 0. The normalized spacial score (nSPS) is 11.2. The molecule has 0 bridgehead atoms. The highest BCUT2D eigenvalue weighted by Crippen LogP contribution is 2.07. The summed E-state index contributed by atoms with van der Waals surface area (Å²) in [6.45, 7) is 0. The van der Waals surface area contributed by atoms with Gasteiger partial charge in [-0.1, -0.05) is 0 Å². The van der Waals surface area contributed by atoms with E-state index < -0.39 is 21.8 Å². The van der Waals surface area contributed by atoms with Crippen LogP contribution in [0.25, 0.3) is 0 Å². The Morgan fingerprint density at radius 1 is 0.312 bits per heavy atom. The molecule has 16 heteroatoms. The minimum atomic E-state index is -6.00. The van der Waals surface area contributed by atoms with Crippen LogP contribution in [0.3, 0.4) is 0 Å². The topological polar surface area (TPSA) is 0 Å². The number of rotatable bonds is 0. The summed E-state index contributed by atoms with van der Waals surface area (Å²) in [5.41, 5.74) is 0. The van der Waals surface area contributed by atoms with E-state index in [1.807, 2.05) is 0 Å². The molecular formula is HB3F12I-3. The molecule has 0 spiro atoms. The molecule has 0 aliphatic rings. The van der Waals surface area contributed by atoms with Crippen LogP contribution in [0.5, 0.6) is 0 Å². The first-order chi connectivity index (χ1) is 6.00. The number of hydrogen-bond donors (Lipinski definition) is 0. The Bertz CT molecular complexity index is 91.3. The molecule has 0 aromatic heterocycles. The van der Waals surface area contributed by atoms with E-state index in [-0.39, 0.29) is 24.0 Å². The summed E-state index contributed by atoms with van der Waals surface area (Å²) in [4.78, 5) is 0. The third-order valence-electron chi connectivity index (χ3n) is 0. The fourth-order valence-electron chi connectivity index (χ4n) is 0. The third kappa shape index (κ3) is 335000. The molecule has 0 unspecified atom stereocenters. The summed E-state index contributed by atoms with van der Waals surface area (Å²) in [5, 5.41) is 0. The maximum absolute atomic E-state index is 9.75. The molecule has 0 heterocycles. The van der Waals surface area contributed by atoms with E-state index in [4.69, 9.17) is 0 Å². The van der Waals surface area contributed by atoms with Crippen molar-refractivity contribution in [1.29, 1.82) is 0 Å². The van der Waals surface area contributed by atoms with Gasteiger partial charge in [0.2, 0.25) is 0 Å². The van der Waals surface area contributed by atoms with Crippen molar-refractivity contribution in [3.05, 3.63) is 0 Å². The molecule has 0 amide bonds. The van der Waals surface area contributed by atoms with E-state index in [9.17, 15) is 51.8 Å². The quantitative estimate of drug-likeness (QED) is 0.325. The van der Waals surface area contributed by atoms with Crippen molar-refractivity contribution in [3.63, 3.8) is 0 Å². The van der Waals surface area contributed by atoms with Crippen molar-refractivity contribution >= 4 is 45.7 Å². The minimum absolute atomic E-state index is 0. The van der Waals surface area contributed by atoms with Crippen LogP contribution in [0.4, 0.5) is 51.8 Å². The molecule has 0 fully saturated rings. The number of hydrogen-bond acceptors (Lipinski definition) is 0. The van der Waals surface area contributed by atoms with Gasteiger partial charge >= 0.3 is 21.8 Å². The van der Waals surface area contributed by atoms with Crippen molar-refractivity contribution < 1.29 is 51.8 Å². The van der Waals surface area contributed by atoms with Crippen molar-refractivity contribution in [2.75, 3.05) is 0 Å². The van der Waals surface area contributed by atoms with Gasteiger partial charge in [0.1, 0.15) is 0 Å². The highest BCUT2D eigenvalue weighted by atomic mass is 127. The zero-order valence-electron chi connectivity index (χ0n) is 6.68. The van der Waals surface area contributed by atoms with Gasteiger partial charge in [0.05, 0.1) is 0 Å². The Balaban J connectivity index is -0.0000000655. The largest absolute Gasteiger partial charge is 0.673 e. The molecule has 0 aliphatic carbocycles. The van der Waals surface area contributed by atoms with Crippen molar-refractivity contribution in [3.8, 4) is 0 Å². The van der Waals surface area contributed by atoms with E-state index in [1.54, 1.807) is 0 Å². The molecular weight excluding hydrogens is 387 g/mol. The molecule has 0 aliphatic heterocycles. The first-order valence-electron chi connectivity index (χ1n) is 2.62. The van der Waals surface area contributed by atoms with Gasteiger partial charge < -0.3 is 51.8 Å². The second-order valence-corrected chi connectivity index (χ2v) is 1.48. The summed E-state index contributed by atoms with van der Waals surface area (Å²) in [6.07, 6.45) is 0. The van der Waals surface area contributed by atoms with Crippen LogP contribution in [0.15, 0.2) is 0 Å². The predicted molar refractivity (Wildman–Crippen MR) is 46.0 cm³/mol. The van der Waals surface area contributed by atoms with Crippen molar-refractivity contribution in [2.45, 2.75) is 0 Å². The van der Waals surface area contributed by atoms with Gasteiger partial charge in [-0.3, -0.25) is 0 Å². The molecule has 0 aromatic rings. The molecule has 0 radical (unpaired) electrons. The average molecular weight is 388 g/mol. The van der Waals surface area contributed by atoms with Gasteiger partial charge in [0.25, 0.3) is 0 Å². The maximum Gasteiger partial charge on any atom is 0.673 e. The lowest BCUT2D eigenvalue weighted by Crippen LogP contribution is -2.02. The molecule has 0 rings (SSSR count). The minimum Gasteiger partial charge on any atom is -0.418 e. The highest BCUT2D eigenvalue weighted by molar-refractivity contribution is 14.0. The second kappa shape index (κ2) is 9.15. The average Bonchev–Trinajstić information content (AvgIpc) is 1.41. The molecule has 16 heavy (non-hydrogen) atoms. The van der Waals surface area contributed by atoms with E-state index in [1.165, 1.54) is 0 Å². The van der Waals surface area contributed by atoms with Gasteiger partial charge in [0, 0.05) is 0 Å². The number of halogens is 13. The smallest absolute Gasteiger partial charge is 0.418 e. The van der Waals surface area contributed by atoms with Crippen molar-refractivity contribution in [1.82, 2.24) is 0 Å². The SMILES string of the molecule is F[B-](F)(F)F.F[B-](F)(F)F.F[B-](F)(F)F.I. The Hall–Kier alpha value is 0.0848. The van der Waals surface area contributed by atoms with Crippen LogP contribution >= 0.6 is 24.0 Å². The second-order valence-electron chi connectivity index (χ2n) is 1.48. The Labute approximate surface area is 98.1 Å². The van der Waals surface area contributed by atoms with Crippen LogP contribution in [-0.4, -0.2) is 21.8 Å². The highest BCUT2D eigenvalue weighted by Gasteiger charge is 2.21. The summed E-state index contributed by atoms with van der Waals surface area (Å²) in [5.74, 6) is 0. The predicted octanol–water partition coefficient (Wildman–Crippen LogP) is 4.52. The van der Waals surface area contributed by atoms with Crippen LogP contribution in [0.2, 0.25) is 0 Å². The Morgan fingerprint density at radius 3 is 0.312 bits per heavy atom. The molecule has 0 aromatic carbocycles. The van der Waals surface area contributed by atoms with Crippen LogP contribution < -0.4 is 0 Å². The van der Waals surface area contributed by atoms with E-state index in [2.05, 4.69) is 0 Å². The van der Waals surface area contributed by atoms with E-state index >= 15 is 0 Å². The zero-order valence-corrected chi connectivity index (χ0v) is 9.01. The van der Waals surface area contributed by atoms with Crippen molar-refractivity contribution in [2.24, 2.45) is 0 Å². The summed E-state index contributed by atoms with van der Waals surface area (Å²) < 4.78 is 117. The lowest BCUT2D eigenvalue weighted by Gasteiger charge is -1.94. The summed E-state index contributed by atoms with van der Waals surface area (Å²) in [7, 11) is -18.0. The van der Waals surface area contributed by atoms with Gasteiger partial charge in [-0.15, -0.1) is 24.0 Å². The van der Waals surface area contributed by atoms with Crippen LogP contribution in [0, 0.1) is 0 Å². The molecule has 0 saturated carbocycles. The van der Waals surface area contributed by atoms with Crippen LogP contribution in [-0.2, 0) is 0 Å². The Morgan fingerprint density at radius 2 is 0.312 bits per heavy atom. The first kappa shape index (κ1) is 25.1. The zero-order chi connectivity index (χ0) is 13.5. The molecule has 0 atom stereocenters. The van der Waals surface area contributed by atoms with Gasteiger partial charge in [-0.05, 0) is 0 Å². The van der Waals surface area contributed by atoms with Crippen LogP contribution in [0.1, 0.15) is 0 Å². The van der Waals surface area contributed by atoms with Gasteiger partial charge in [-0.2, -0.15) is 0 Å². The van der Waals surface area contributed by atoms with E-state index in [0.717, 1.165) is 0 Å². The van der Waals surface area contributed by atoms with Gasteiger partial charge in [0.15, 0.2) is 0 Å². The monoisotopic (exact) mass is 389 g/mol. The lowest BCUT2D eigenvalue weighted by molar-refractivity contribution is 0.366. The summed E-state index contributed by atoms with van der Waals surface area (Å²) in [6, 6.07) is 0. The molecule has 0 saturated heterocycles. The lowest BCUT2D eigenvalue weighted by atomic mass is 10.3.